The standard InChI is InChI=1S/C7H11N3O2/c1-5(2-8)7(11)10-6-3-9-12-4-6/h3-5H,2,8H2,1H3,(H,10,11). The van der Waals surface area contributed by atoms with Gasteiger partial charge >= 0.3 is 0 Å². The van der Waals surface area contributed by atoms with E-state index in [1.807, 2.05) is 0 Å². The van der Waals surface area contributed by atoms with Gasteiger partial charge in [-0.05, 0) is 0 Å². The van der Waals surface area contributed by atoms with Gasteiger partial charge in [0, 0.05) is 12.5 Å². The number of rotatable bonds is 3. The molecule has 0 aromatic carbocycles. The van der Waals surface area contributed by atoms with Gasteiger partial charge in [-0.25, -0.2) is 0 Å². The molecule has 1 amide bonds. The molecule has 0 bridgehead atoms. The molecule has 5 heteroatoms. The van der Waals surface area contributed by atoms with Crippen molar-refractivity contribution in [2.75, 3.05) is 11.9 Å². The van der Waals surface area contributed by atoms with Crippen molar-refractivity contribution in [2.24, 2.45) is 11.7 Å². The molecule has 1 atom stereocenters. The average Bonchev–Trinajstić information content (AvgIpc) is 2.55. The Morgan fingerprint density at radius 3 is 3.17 bits per heavy atom. The summed E-state index contributed by atoms with van der Waals surface area (Å²) in [5.74, 6) is -0.319. The second-order valence-corrected chi connectivity index (χ2v) is 2.54. The van der Waals surface area contributed by atoms with Gasteiger partial charge in [-0.2, -0.15) is 0 Å². The minimum absolute atomic E-state index is 0.124. The minimum Gasteiger partial charge on any atom is -0.363 e. The summed E-state index contributed by atoms with van der Waals surface area (Å²) in [4.78, 5) is 11.2. The van der Waals surface area contributed by atoms with Crippen LogP contribution in [-0.4, -0.2) is 17.6 Å². The Bertz CT molecular complexity index is 245. The highest BCUT2D eigenvalue weighted by Gasteiger charge is 2.10. The maximum Gasteiger partial charge on any atom is 0.228 e. The molecular formula is C7H11N3O2. The predicted molar refractivity (Wildman–Crippen MR) is 43.4 cm³/mol. The molecule has 0 radical (unpaired) electrons. The van der Waals surface area contributed by atoms with E-state index in [1.165, 1.54) is 12.5 Å². The molecule has 5 nitrogen and oxygen atoms in total. The number of anilines is 1. The quantitative estimate of drug-likeness (QED) is 0.677. The topological polar surface area (TPSA) is 81.2 Å². The van der Waals surface area contributed by atoms with E-state index < -0.39 is 0 Å². The van der Waals surface area contributed by atoms with E-state index in [0.717, 1.165) is 0 Å². The summed E-state index contributed by atoms with van der Waals surface area (Å²) >= 11 is 0. The smallest absolute Gasteiger partial charge is 0.228 e. The number of carbonyl (C=O) groups is 1. The maximum absolute atomic E-state index is 11.2. The zero-order valence-corrected chi connectivity index (χ0v) is 6.78. The highest BCUT2D eigenvalue weighted by atomic mass is 16.5. The van der Waals surface area contributed by atoms with Crippen LogP contribution in [0, 0.1) is 5.92 Å². The lowest BCUT2D eigenvalue weighted by Crippen LogP contribution is -2.26. The van der Waals surface area contributed by atoms with Crippen LogP contribution in [0.25, 0.3) is 0 Å². The van der Waals surface area contributed by atoms with Gasteiger partial charge in [-0.1, -0.05) is 12.1 Å². The Hall–Kier alpha value is -1.36. The molecule has 1 aromatic rings. The molecule has 3 N–H and O–H groups in total. The third-order valence-corrected chi connectivity index (χ3v) is 1.50. The van der Waals surface area contributed by atoms with Crippen molar-refractivity contribution in [3.05, 3.63) is 12.5 Å². The first kappa shape index (κ1) is 8.73. The monoisotopic (exact) mass is 169 g/mol. The van der Waals surface area contributed by atoms with Crippen LogP contribution >= 0.6 is 0 Å². The molecule has 12 heavy (non-hydrogen) atoms. The summed E-state index contributed by atoms with van der Waals surface area (Å²) in [5.41, 5.74) is 5.86. The zero-order valence-electron chi connectivity index (χ0n) is 6.78. The molecule has 0 spiro atoms. The molecule has 0 aliphatic rings. The molecule has 1 unspecified atom stereocenters. The lowest BCUT2D eigenvalue weighted by Gasteiger charge is -2.06. The fourth-order valence-electron chi connectivity index (χ4n) is 0.639. The van der Waals surface area contributed by atoms with Crippen molar-refractivity contribution in [2.45, 2.75) is 6.92 Å². The van der Waals surface area contributed by atoms with Gasteiger partial charge in [0.1, 0.15) is 12.0 Å². The molecule has 0 aliphatic heterocycles. The van der Waals surface area contributed by atoms with E-state index in [0.29, 0.717) is 12.2 Å². The van der Waals surface area contributed by atoms with Crippen molar-refractivity contribution in [3.8, 4) is 0 Å². The van der Waals surface area contributed by atoms with E-state index in [-0.39, 0.29) is 11.8 Å². The molecule has 0 saturated carbocycles. The summed E-state index contributed by atoms with van der Waals surface area (Å²) < 4.78 is 4.53. The van der Waals surface area contributed by atoms with Gasteiger partial charge in [0.2, 0.25) is 5.91 Å². The molecule has 1 heterocycles. The number of hydrogen-bond donors (Lipinski definition) is 2. The fraction of sp³-hybridized carbons (Fsp3) is 0.429. The third-order valence-electron chi connectivity index (χ3n) is 1.50. The van der Waals surface area contributed by atoms with Gasteiger partial charge in [0.05, 0.1) is 6.20 Å². The average molecular weight is 169 g/mol. The number of aromatic nitrogens is 1. The Labute approximate surface area is 69.9 Å². The maximum atomic E-state index is 11.2. The highest BCUT2D eigenvalue weighted by Crippen LogP contribution is 2.05. The van der Waals surface area contributed by atoms with Gasteiger partial charge in [-0.15, -0.1) is 0 Å². The number of hydrogen-bond acceptors (Lipinski definition) is 4. The minimum atomic E-state index is -0.195. The van der Waals surface area contributed by atoms with Crippen molar-refractivity contribution in [1.82, 2.24) is 5.16 Å². The van der Waals surface area contributed by atoms with Gasteiger partial charge in [-0.3, -0.25) is 4.79 Å². The van der Waals surface area contributed by atoms with Crippen LogP contribution in [0.15, 0.2) is 17.0 Å². The fourth-order valence-corrected chi connectivity index (χ4v) is 0.639. The number of nitrogens with two attached hydrogens (primary N) is 1. The van der Waals surface area contributed by atoms with Crippen molar-refractivity contribution < 1.29 is 9.32 Å². The Morgan fingerprint density at radius 2 is 2.67 bits per heavy atom. The lowest BCUT2D eigenvalue weighted by atomic mass is 10.2. The lowest BCUT2D eigenvalue weighted by molar-refractivity contribution is -0.119. The van der Waals surface area contributed by atoms with E-state index in [9.17, 15) is 4.79 Å². The first-order valence-electron chi connectivity index (χ1n) is 3.64. The van der Waals surface area contributed by atoms with Gasteiger partial charge in [0.15, 0.2) is 0 Å². The van der Waals surface area contributed by atoms with E-state index >= 15 is 0 Å². The Balaban J connectivity index is 2.47. The van der Waals surface area contributed by atoms with Crippen LogP contribution in [-0.2, 0) is 4.79 Å². The predicted octanol–water partition coefficient (Wildman–Crippen LogP) is 0.208. The second kappa shape index (κ2) is 3.87. The first-order chi connectivity index (χ1) is 5.74. The second-order valence-electron chi connectivity index (χ2n) is 2.54. The molecule has 1 rings (SSSR count). The number of carbonyl (C=O) groups excluding carboxylic acids is 1. The van der Waals surface area contributed by atoms with Crippen molar-refractivity contribution in [1.29, 1.82) is 0 Å². The highest BCUT2D eigenvalue weighted by molar-refractivity contribution is 5.92. The zero-order chi connectivity index (χ0) is 8.97. The van der Waals surface area contributed by atoms with Crippen LogP contribution in [0.1, 0.15) is 6.92 Å². The van der Waals surface area contributed by atoms with Gasteiger partial charge < -0.3 is 15.6 Å². The molecule has 0 aliphatic carbocycles. The molecule has 0 fully saturated rings. The summed E-state index contributed by atoms with van der Waals surface area (Å²) in [7, 11) is 0. The summed E-state index contributed by atoms with van der Waals surface area (Å²) in [6, 6.07) is 0. The summed E-state index contributed by atoms with van der Waals surface area (Å²) in [6.45, 7) is 2.08. The van der Waals surface area contributed by atoms with Crippen LogP contribution < -0.4 is 11.1 Å². The normalized spacial score (nSPS) is 12.5. The van der Waals surface area contributed by atoms with Crippen LogP contribution in [0.5, 0.6) is 0 Å². The molecule has 66 valence electrons. The molecular weight excluding hydrogens is 158 g/mol. The summed E-state index contributed by atoms with van der Waals surface area (Å²) in [6.07, 6.45) is 2.79. The molecule has 1 aromatic heterocycles. The largest absolute Gasteiger partial charge is 0.363 e. The number of amides is 1. The van der Waals surface area contributed by atoms with Crippen LogP contribution in [0.4, 0.5) is 5.69 Å². The third kappa shape index (κ3) is 2.06. The van der Waals surface area contributed by atoms with Crippen molar-refractivity contribution >= 4 is 11.6 Å². The Morgan fingerprint density at radius 1 is 1.92 bits per heavy atom. The SMILES string of the molecule is CC(CN)C(=O)Nc1cnoc1. The number of nitrogens with zero attached hydrogens (tertiary/aromatic N) is 1. The summed E-state index contributed by atoms with van der Waals surface area (Å²) in [5, 5.41) is 6.04. The molecule has 0 saturated heterocycles. The van der Waals surface area contributed by atoms with Crippen molar-refractivity contribution in [3.63, 3.8) is 0 Å². The Kier molecular flexibility index (Phi) is 2.82. The van der Waals surface area contributed by atoms with Crippen LogP contribution in [0.3, 0.4) is 0 Å². The number of nitrogens with one attached hydrogen (secondary N) is 1. The first-order valence-corrected chi connectivity index (χ1v) is 3.64. The van der Waals surface area contributed by atoms with Gasteiger partial charge in [0.25, 0.3) is 0 Å². The van der Waals surface area contributed by atoms with Crippen LogP contribution in [0.2, 0.25) is 0 Å². The van der Waals surface area contributed by atoms with E-state index in [2.05, 4.69) is 15.0 Å². The van der Waals surface area contributed by atoms with E-state index in [4.69, 9.17) is 5.73 Å². The van der Waals surface area contributed by atoms with E-state index in [1.54, 1.807) is 6.92 Å².